The molecule has 1 amide bonds. The molecule has 0 spiro atoms. The average molecular weight is 273 g/mol. The van der Waals surface area contributed by atoms with Gasteiger partial charge in [0.1, 0.15) is 5.75 Å². The summed E-state index contributed by atoms with van der Waals surface area (Å²) < 4.78 is 0.610. The van der Waals surface area contributed by atoms with Crippen molar-refractivity contribution in [2.75, 3.05) is 6.54 Å². The Morgan fingerprint density at radius 2 is 2.13 bits per heavy atom. The highest BCUT2D eigenvalue weighted by molar-refractivity contribution is 9.10. The lowest BCUT2D eigenvalue weighted by atomic mass is 10.2. The van der Waals surface area contributed by atoms with Crippen LogP contribution < -0.4 is 10.4 Å². The Hall–Kier alpha value is -1.56. The highest BCUT2D eigenvalue weighted by Gasteiger charge is 2.10. The van der Waals surface area contributed by atoms with Gasteiger partial charge in [-0.3, -0.25) is 4.79 Å². The zero-order chi connectivity index (χ0) is 11.4. The second kappa shape index (κ2) is 4.79. The van der Waals surface area contributed by atoms with Gasteiger partial charge in [-0.1, -0.05) is 15.9 Å². The lowest BCUT2D eigenvalue weighted by molar-refractivity contribution is -0.303. The van der Waals surface area contributed by atoms with Crippen LogP contribution in [-0.2, 0) is 4.79 Å². The molecule has 0 unspecified atom stereocenters. The number of phenolic OH excluding ortho intramolecular Hbond substituents is 1. The number of carbonyl (C=O) groups excluding carboxylic acids is 2. The van der Waals surface area contributed by atoms with Crippen molar-refractivity contribution in [2.24, 2.45) is 0 Å². The van der Waals surface area contributed by atoms with Crippen molar-refractivity contribution >= 4 is 27.8 Å². The number of hydrogen-bond donors (Lipinski definition) is 2. The van der Waals surface area contributed by atoms with Crippen LogP contribution in [0.1, 0.15) is 10.4 Å². The number of amides is 1. The number of carboxylic acid groups (broad SMARTS) is 1. The van der Waals surface area contributed by atoms with Crippen molar-refractivity contribution in [1.82, 2.24) is 5.32 Å². The standard InChI is InChI=1S/C9H8BrNO4/c10-5-1-2-7(12)6(3-5)9(15)11-4-8(13)14/h1-3,12H,4H2,(H,11,15)(H,13,14)/p-1. The number of rotatable bonds is 3. The summed E-state index contributed by atoms with van der Waals surface area (Å²) >= 11 is 3.12. The first kappa shape index (κ1) is 11.5. The van der Waals surface area contributed by atoms with Gasteiger partial charge < -0.3 is 20.3 Å². The molecule has 0 aromatic heterocycles. The minimum absolute atomic E-state index is 0.00521. The van der Waals surface area contributed by atoms with E-state index in [1.165, 1.54) is 12.1 Å². The number of aliphatic carboxylic acids is 1. The molecule has 0 fully saturated rings. The molecule has 0 atom stereocenters. The minimum atomic E-state index is -1.39. The molecule has 0 aliphatic carbocycles. The predicted molar refractivity (Wildman–Crippen MR) is 53.1 cm³/mol. The van der Waals surface area contributed by atoms with Crippen LogP contribution in [0, 0.1) is 0 Å². The van der Waals surface area contributed by atoms with Gasteiger partial charge in [0.05, 0.1) is 18.1 Å². The lowest BCUT2D eigenvalue weighted by Gasteiger charge is -2.07. The maximum absolute atomic E-state index is 11.3. The fraction of sp³-hybridized carbons (Fsp3) is 0.111. The first-order valence-electron chi connectivity index (χ1n) is 3.97. The van der Waals surface area contributed by atoms with Gasteiger partial charge in [0.25, 0.3) is 5.91 Å². The third-order valence-electron chi connectivity index (χ3n) is 1.60. The Kier molecular flexibility index (Phi) is 3.68. The maximum atomic E-state index is 11.3. The zero-order valence-corrected chi connectivity index (χ0v) is 9.08. The number of halogens is 1. The number of nitrogens with one attached hydrogen (secondary N) is 1. The molecule has 0 radical (unpaired) electrons. The molecule has 0 aliphatic rings. The highest BCUT2D eigenvalue weighted by Crippen LogP contribution is 2.21. The number of benzene rings is 1. The fourth-order valence-corrected chi connectivity index (χ4v) is 1.30. The summed E-state index contributed by atoms with van der Waals surface area (Å²) in [5, 5.41) is 21.5. The summed E-state index contributed by atoms with van der Waals surface area (Å²) in [6.45, 7) is -0.592. The molecular formula is C9H7BrNO4-. The summed E-state index contributed by atoms with van der Waals surface area (Å²) in [6, 6.07) is 4.28. The molecule has 0 heterocycles. The third-order valence-corrected chi connectivity index (χ3v) is 2.09. The largest absolute Gasteiger partial charge is 0.548 e. The molecule has 0 saturated carbocycles. The van der Waals surface area contributed by atoms with Gasteiger partial charge in [0.2, 0.25) is 0 Å². The molecule has 5 nitrogen and oxygen atoms in total. The summed E-state index contributed by atoms with van der Waals surface area (Å²) in [4.78, 5) is 21.4. The number of hydrogen-bond acceptors (Lipinski definition) is 4. The van der Waals surface area contributed by atoms with E-state index in [0.717, 1.165) is 0 Å². The van der Waals surface area contributed by atoms with Gasteiger partial charge in [-0.15, -0.1) is 0 Å². The fourth-order valence-electron chi connectivity index (χ4n) is 0.938. The SMILES string of the molecule is O=C([O-])CNC(=O)c1cc(Br)ccc1O. The topological polar surface area (TPSA) is 89.5 Å². The molecule has 80 valence electrons. The minimum Gasteiger partial charge on any atom is -0.548 e. The van der Waals surface area contributed by atoms with E-state index >= 15 is 0 Å². The van der Waals surface area contributed by atoms with E-state index in [0.29, 0.717) is 4.47 Å². The van der Waals surface area contributed by atoms with Gasteiger partial charge in [0, 0.05) is 4.47 Å². The molecule has 1 aromatic carbocycles. The second-order valence-electron chi connectivity index (χ2n) is 2.72. The normalized spacial score (nSPS) is 9.67. The Balaban J connectivity index is 2.81. The first-order chi connectivity index (χ1) is 7.00. The molecular weight excluding hydrogens is 266 g/mol. The second-order valence-corrected chi connectivity index (χ2v) is 3.63. The van der Waals surface area contributed by atoms with Crippen LogP contribution in [0.2, 0.25) is 0 Å². The van der Waals surface area contributed by atoms with E-state index < -0.39 is 18.4 Å². The Labute approximate surface area is 93.9 Å². The number of carboxylic acids is 1. The summed E-state index contributed by atoms with van der Waals surface area (Å²) in [5.41, 5.74) is 0.00521. The van der Waals surface area contributed by atoms with Crippen molar-refractivity contribution in [3.63, 3.8) is 0 Å². The molecule has 1 rings (SSSR count). The van der Waals surface area contributed by atoms with E-state index in [-0.39, 0.29) is 11.3 Å². The van der Waals surface area contributed by atoms with Crippen molar-refractivity contribution in [3.05, 3.63) is 28.2 Å². The monoisotopic (exact) mass is 272 g/mol. The zero-order valence-electron chi connectivity index (χ0n) is 7.49. The molecule has 0 aliphatic heterocycles. The van der Waals surface area contributed by atoms with E-state index in [9.17, 15) is 19.8 Å². The maximum Gasteiger partial charge on any atom is 0.255 e. The molecule has 15 heavy (non-hydrogen) atoms. The molecule has 0 saturated heterocycles. The number of carbonyl (C=O) groups is 2. The van der Waals surface area contributed by atoms with E-state index in [4.69, 9.17) is 0 Å². The summed E-state index contributed by atoms with van der Waals surface area (Å²) in [6.07, 6.45) is 0. The number of aromatic hydroxyl groups is 1. The van der Waals surface area contributed by atoms with Crippen LogP contribution in [0.25, 0.3) is 0 Å². The highest BCUT2D eigenvalue weighted by atomic mass is 79.9. The molecule has 6 heteroatoms. The van der Waals surface area contributed by atoms with E-state index in [1.807, 2.05) is 0 Å². The van der Waals surface area contributed by atoms with Gasteiger partial charge in [-0.2, -0.15) is 0 Å². The smallest absolute Gasteiger partial charge is 0.255 e. The van der Waals surface area contributed by atoms with Crippen molar-refractivity contribution in [1.29, 1.82) is 0 Å². The van der Waals surface area contributed by atoms with Crippen LogP contribution in [0.4, 0.5) is 0 Å². The molecule has 0 bridgehead atoms. The summed E-state index contributed by atoms with van der Waals surface area (Å²) in [7, 11) is 0. The van der Waals surface area contributed by atoms with Crippen LogP contribution in [0.5, 0.6) is 5.75 Å². The molecule has 2 N–H and O–H groups in total. The van der Waals surface area contributed by atoms with Crippen LogP contribution in [0.15, 0.2) is 22.7 Å². The van der Waals surface area contributed by atoms with Gasteiger partial charge in [-0.25, -0.2) is 0 Å². The van der Waals surface area contributed by atoms with Crippen LogP contribution in [0.3, 0.4) is 0 Å². The van der Waals surface area contributed by atoms with E-state index in [1.54, 1.807) is 6.07 Å². The Bertz CT molecular complexity index is 405. The van der Waals surface area contributed by atoms with Crippen LogP contribution >= 0.6 is 15.9 Å². The van der Waals surface area contributed by atoms with Gasteiger partial charge in [-0.05, 0) is 18.2 Å². The third kappa shape index (κ3) is 3.25. The van der Waals surface area contributed by atoms with Crippen molar-refractivity contribution in [2.45, 2.75) is 0 Å². The number of phenols is 1. The Morgan fingerprint density at radius 1 is 1.47 bits per heavy atom. The molecule has 1 aromatic rings. The first-order valence-corrected chi connectivity index (χ1v) is 4.76. The van der Waals surface area contributed by atoms with Crippen LogP contribution in [-0.4, -0.2) is 23.5 Å². The predicted octanol–water partition coefficient (Wildman–Crippen LogP) is -0.366. The Morgan fingerprint density at radius 3 is 2.73 bits per heavy atom. The van der Waals surface area contributed by atoms with Gasteiger partial charge in [0.15, 0.2) is 0 Å². The summed E-state index contributed by atoms with van der Waals surface area (Å²) in [5.74, 6) is -2.27. The van der Waals surface area contributed by atoms with Crippen molar-refractivity contribution < 1.29 is 19.8 Å². The van der Waals surface area contributed by atoms with Crippen molar-refractivity contribution in [3.8, 4) is 5.75 Å². The van der Waals surface area contributed by atoms with E-state index in [2.05, 4.69) is 21.2 Å². The average Bonchev–Trinajstić information content (AvgIpc) is 2.18. The quantitative estimate of drug-likeness (QED) is 0.786. The van der Waals surface area contributed by atoms with Gasteiger partial charge >= 0.3 is 0 Å². The lowest BCUT2D eigenvalue weighted by Crippen LogP contribution is -2.37.